The minimum atomic E-state index is -0.986. The summed E-state index contributed by atoms with van der Waals surface area (Å²) in [7, 11) is 0. The Kier molecular flexibility index (Phi) is 3.41. The van der Waals surface area contributed by atoms with Crippen molar-refractivity contribution in [3.63, 3.8) is 0 Å². The molecule has 3 heterocycles. The van der Waals surface area contributed by atoms with Gasteiger partial charge in [0.25, 0.3) is 0 Å². The molecule has 0 aliphatic carbocycles. The van der Waals surface area contributed by atoms with Crippen molar-refractivity contribution in [1.29, 1.82) is 0 Å². The van der Waals surface area contributed by atoms with Crippen molar-refractivity contribution in [3.8, 4) is 0 Å². The zero-order valence-corrected chi connectivity index (χ0v) is 13.3. The number of fused-ring (bicyclic) bond motifs is 2. The highest BCUT2D eigenvalue weighted by Crippen LogP contribution is 2.26. The van der Waals surface area contributed by atoms with E-state index in [2.05, 4.69) is 25.1 Å². The summed E-state index contributed by atoms with van der Waals surface area (Å²) >= 11 is 0. The van der Waals surface area contributed by atoms with E-state index in [1.165, 1.54) is 0 Å². The average Bonchev–Trinajstić information content (AvgIpc) is 3.16. The van der Waals surface area contributed by atoms with Crippen molar-refractivity contribution < 1.29 is 9.90 Å². The van der Waals surface area contributed by atoms with Gasteiger partial charge in [0, 0.05) is 18.4 Å². The van der Waals surface area contributed by atoms with E-state index >= 15 is 0 Å². The lowest BCUT2D eigenvalue weighted by atomic mass is 10.0. The fourth-order valence-corrected chi connectivity index (χ4v) is 3.27. The van der Waals surface area contributed by atoms with Crippen LogP contribution in [-0.4, -0.2) is 30.8 Å². The molecule has 1 aromatic carbocycles. The van der Waals surface area contributed by atoms with Gasteiger partial charge in [0.2, 0.25) is 0 Å². The fourth-order valence-electron chi connectivity index (χ4n) is 3.27. The van der Waals surface area contributed by atoms with Crippen molar-refractivity contribution in [1.82, 2.24) is 19.7 Å². The zero-order chi connectivity index (χ0) is 16.7. The molecule has 24 heavy (non-hydrogen) atoms. The Labute approximate surface area is 138 Å². The molecule has 0 radical (unpaired) electrons. The Morgan fingerprint density at radius 3 is 3.00 bits per heavy atom. The molecule has 1 aliphatic rings. The number of para-hydroxylation sites is 1. The van der Waals surface area contributed by atoms with Crippen LogP contribution in [-0.2, 0) is 19.5 Å². The number of aryl methyl sites for hydroxylation is 2. The van der Waals surface area contributed by atoms with Gasteiger partial charge in [-0.05, 0) is 25.0 Å². The first kappa shape index (κ1) is 14.6. The molecule has 4 rings (SSSR count). The number of carboxylic acid groups (broad SMARTS) is 1. The van der Waals surface area contributed by atoms with Gasteiger partial charge < -0.3 is 15.0 Å². The maximum absolute atomic E-state index is 11.7. The first-order valence-corrected chi connectivity index (χ1v) is 7.92. The largest absolute Gasteiger partial charge is 0.478 e. The number of nitrogens with one attached hydrogen (secondary N) is 1. The molecule has 0 spiro atoms. The molecule has 0 atom stereocenters. The SMILES string of the molecule is Cc1c(C(=O)O)c(NCc2nnc3n2CCC3)nc2ccccc12. The summed E-state index contributed by atoms with van der Waals surface area (Å²) in [5, 5.41) is 22.0. The van der Waals surface area contributed by atoms with Crippen molar-refractivity contribution >= 4 is 22.7 Å². The number of hydrogen-bond donors (Lipinski definition) is 2. The van der Waals surface area contributed by atoms with Crippen molar-refractivity contribution in [2.24, 2.45) is 0 Å². The Hall–Kier alpha value is -2.96. The van der Waals surface area contributed by atoms with Gasteiger partial charge in [-0.2, -0.15) is 0 Å². The number of aromatic carboxylic acids is 1. The number of carboxylic acids is 1. The van der Waals surface area contributed by atoms with E-state index < -0.39 is 5.97 Å². The molecule has 0 unspecified atom stereocenters. The number of anilines is 1. The molecular weight excluding hydrogens is 306 g/mol. The van der Waals surface area contributed by atoms with Crippen LogP contribution in [0.2, 0.25) is 0 Å². The van der Waals surface area contributed by atoms with Gasteiger partial charge in [0.1, 0.15) is 17.2 Å². The smallest absolute Gasteiger partial charge is 0.339 e. The minimum absolute atomic E-state index is 0.204. The summed E-state index contributed by atoms with van der Waals surface area (Å²) in [6, 6.07) is 7.55. The molecule has 2 aromatic heterocycles. The Morgan fingerprint density at radius 2 is 2.17 bits per heavy atom. The van der Waals surface area contributed by atoms with Gasteiger partial charge in [-0.25, -0.2) is 9.78 Å². The van der Waals surface area contributed by atoms with Crippen LogP contribution in [0.5, 0.6) is 0 Å². The van der Waals surface area contributed by atoms with Crippen LogP contribution in [0.25, 0.3) is 10.9 Å². The molecular formula is C17H17N5O2. The van der Waals surface area contributed by atoms with Crippen LogP contribution in [0.3, 0.4) is 0 Å². The average molecular weight is 323 g/mol. The first-order chi connectivity index (χ1) is 11.6. The summed E-state index contributed by atoms with van der Waals surface area (Å²) in [5.74, 6) is 1.19. The van der Waals surface area contributed by atoms with Gasteiger partial charge in [0.05, 0.1) is 12.1 Å². The molecule has 7 nitrogen and oxygen atoms in total. The monoisotopic (exact) mass is 323 g/mol. The summed E-state index contributed by atoms with van der Waals surface area (Å²) < 4.78 is 2.08. The second-order valence-electron chi connectivity index (χ2n) is 5.92. The minimum Gasteiger partial charge on any atom is -0.478 e. The normalized spacial score (nSPS) is 13.2. The Morgan fingerprint density at radius 1 is 1.33 bits per heavy atom. The predicted octanol–water partition coefficient (Wildman–Crippen LogP) is 2.39. The highest BCUT2D eigenvalue weighted by molar-refractivity contribution is 6.01. The van der Waals surface area contributed by atoms with Gasteiger partial charge in [-0.1, -0.05) is 18.2 Å². The third kappa shape index (κ3) is 2.29. The zero-order valence-electron chi connectivity index (χ0n) is 13.3. The molecule has 122 valence electrons. The summed E-state index contributed by atoms with van der Waals surface area (Å²) in [6.45, 7) is 3.13. The maximum Gasteiger partial charge on any atom is 0.339 e. The fraction of sp³-hybridized carbons (Fsp3) is 0.294. The van der Waals surface area contributed by atoms with E-state index in [9.17, 15) is 9.90 Å². The summed E-state index contributed by atoms with van der Waals surface area (Å²) in [6.07, 6.45) is 2.02. The van der Waals surface area contributed by atoms with Crippen LogP contribution in [0, 0.1) is 6.92 Å². The Bertz CT molecular complexity index is 948. The first-order valence-electron chi connectivity index (χ1n) is 7.92. The highest BCUT2D eigenvalue weighted by atomic mass is 16.4. The van der Waals surface area contributed by atoms with Crippen LogP contribution < -0.4 is 5.32 Å². The number of pyridine rings is 1. The molecule has 0 saturated heterocycles. The summed E-state index contributed by atoms with van der Waals surface area (Å²) in [4.78, 5) is 16.2. The van der Waals surface area contributed by atoms with E-state index in [0.29, 0.717) is 17.9 Å². The maximum atomic E-state index is 11.7. The number of nitrogens with zero attached hydrogens (tertiary/aromatic N) is 4. The molecule has 3 aromatic rings. The van der Waals surface area contributed by atoms with Crippen LogP contribution in [0.15, 0.2) is 24.3 Å². The lowest BCUT2D eigenvalue weighted by molar-refractivity contribution is 0.0697. The van der Waals surface area contributed by atoms with Gasteiger partial charge in [-0.3, -0.25) is 0 Å². The van der Waals surface area contributed by atoms with Crippen molar-refractivity contribution in [2.45, 2.75) is 32.9 Å². The number of hydrogen-bond acceptors (Lipinski definition) is 5. The second-order valence-corrected chi connectivity index (χ2v) is 5.92. The van der Waals surface area contributed by atoms with Crippen molar-refractivity contribution in [3.05, 3.63) is 47.0 Å². The molecule has 1 aliphatic heterocycles. The quantitative estimate of drug-likeness (QED) is 0.766. The number of rotatable bonds is 4. The predicted molar refractivity (Wildman–Crippen MR) is 89.1 cm³/mol. The third-order valence-electron chi connectivity index (χ3n) is 4.47. The molecule has 0 saturated carbocycles. The van der Waals surface area contributed by atoms with E-state index in [0.717, 1.165) is 41.9 Å². The lowest BCUT2D eigenvalue weighted by Gasteiger charge is -2.13. The number of benzene rings is 1. The van der Waals surface area contributed by atoms with Gasteiger partial charge >= 0.3 is 5.97 Å². The van der Waals surface area contributed by atoms with E-state index in [-0.39, 0.29) is 5.56 Å². The van der Waals surface area contributed by atoms with Crippen LogP contribution >= 0.6 is 0 Å². The Balaban J connectivity index is 1.72. The van der Waals surface area contributed by atoms with Crippen molar-refractivity contribution in [2.75, 3.05) is 5.32 Å². The standard InChI is InChI=1S/C17H17N5O2/c1-10-11-5-2-3-6-12(11)19-16(15(10)17(23)24)18-9-14-21-20-13-7-4-8-22(13)14/h2-3,5-6H,4,7-9H2,1H3,(H,18,19)(H,23,24). The number of carbonyl (C=O) groups is 1. The van der Waals surface area contributed by atoms with Crippen LogP contribution in [0.1, 0.15) is 34.0 Å². The second kappa shape index (κ2) is 5.59. The number of aromatic nitrogens is 4. The molecule has 0 amide bonds. The van der Waals surface area contributed by atoms with E-state index in [4.69, 9.17) is 0 Å². The topological polar surface area (TPSA) is 92.9 Å². The molecule has 2 N–H and O–H groups in total. The van der Waals surface area contributed by atoms with E-state index in [1.807, 2.05) is 31.2 Å². The lowest BCUT2D eigenvalue weighted by Crippen LogP contribution is -2.13. The summed E-state index contributed by atoms with van der Waals surface area (Å²) in [5.41, 5.74) is 1.69. The molecule has 0 fully saturated rings. The van der Waals surface area contributed by atoms with Gasteiger partial charge in [-0.15, -0.1) is 10.2 Å². The molecule has 7 heteroatoms. The van der Waals surface area contributed by atoms with Crippen LogP contribution in [0.4, 0.5) is 5.82 Å². The third-order valence-corrected chi connectivity index (χ3v) is 4.47. The molecule has 0 bridgehead atoms. The van der Waals surface area contributed by atoms with E-state index in [1.54, 1.807) is 0 Å². The van der Waals surface area contributed by atoms with Gasteiger partial charge in [0.15, 0.2) is 5.82 Å². The highest BCUT2D eigenvalue weighted by Gasteiger charge is 2.20.